The third-order valence-electron chi connectivity index (χ3n) is 12.4. The lowest BCUT2D eigenvalue weighted by molar-refractivity contribution is 0.759. The first-order valence-corrected chi connectivity index (χ1v) is 20.3. The first kappa shape index (κ1) is 32.9. The molecule has 0 spiro atoms. The summed E-state index contributed by atoms with van der Waals surface area (Å²) in [6.07, 6.45) is 24.8. The number of rotatable bonds is 6. The van der Waals surface area contributed by atoms with E-state index in [1.165, 1.54) is 83.2 Å². The van der Waals surface area contributed by atoms with E-state index in [0.717, 1.165) is 44.2 Å². The summed E-state index contributed by atoms with van der Waals surface area (Å²) in [4.78, 5) is 5.37. The minimum Gasteiger partial charge on any atom is -0.317 e. The molecular weight excluding hydrogens is 679 g/mol. The van der Waals surface area contributed by atoms with Crippen molar-refractivity contribution >= 4 is 61.5 Å². The molecule has 0 fully saturated rings. The van der Waals surface area contributed by atoms with Crippen molar-refractivity contribution in [2.24, 2.45) is 4.99 Å². The van der Waals surface area contributed by atoms with Crippen LogP contribution in [-0.2, 0) is 6.42 Å². The Morgan fingerprint density at radius 1 is 0.589 bits per heavy atom. The zero-order valence-electron chi connectivity index (χ0n) is 31.5. The predicted molar refractivity (Wildman–Crippen MR) is 237 cm³/mol. The first-order valence-electron chi connectivity index (χ1n) is 20.3. The molecular formula is C53H43N3. The Morgan fingerprint density at radius 2 is 1.34 bits per heavy atom. The highest BCUT2D eigenvalue weighted by molar-refractivity contribution is 6.13. The van der Waals surface area contributed by atoms with Gasteiger partial charge in [0.1, 0.15) is 0 Å². The number of fused-ring (bicyclic) bond motifs is 6. The Labute approximate surface area is 328 Å². The molecule has 0 amide bonds. The highest BCUT2D eigenvalue weighted by Crippen LogP contribution is 2.43. The van der Waals surface area contributed by atoms with Gasteiger partial charge in [0.05, 0.1) is 28.3 Å². The molecule has 0 bridgehead atoms. The lowest BCUT2D eigenvalue weighted by atomic mass is 9.90. The molecule has 0 saturated heterocycles. The standard InChI is InChI=1S/C53H43N3/c1-4-15-36(16-5-1)39-21-14-22-42(31-39)55-50-25-12-10-23-44(50)46-29-27-41(33-53(46)55)40-28-30-52-47(32-40)45-24-11-13-26-51(45)56(52)43-34-48(37-17-6-2-7-18-37)54-49(35-43)38-19-8-3-9-20-38/h1-2,4-8,10-27,29,32-34,39,49H,3,9,28,30-31,35H2. The van der Waals surface area contributed by atoms with Crippen LogP contribution in [0.3, 0.4) is 0 Å². The number of aliphatic imine (C=N–C) groups is 1. The minimum absolute atomic E-state index is 0.101. The van der Waals surface area contributed by atoms with Crippen LogP contribution < -0.4 is 0 Å². The van der Waals surface area contributed by atoms with E-state index in [1.807, 2.05) is 0 Å². The maximum Gasteiger partial charge on any atom is 0.0808 e. The van der Waals surface area contributed by atoms with E-state index in [2.05, 4.69) is 185 Å². The molecule has 2 aromatic heterocycles. The third kappa shape index (κ3) is 5.61. The summed E-state index contributed by atoms with van der Waals surface area (Å²) in [6.45, 7) is 0. The van der Waals surface area contributed by atoms with Gasteiger partial charge in [0, 0.05) is 51.1 Å². The van der Waals surface area contributed by atoms with E-state index in [0.29, 0.717) is 5.92 Å². The molecule has 2 unspecified atom stereocenters. The molecule has 270 valence electrons. The van der Waals surface area contributed by atoms with Crippen molar-refractivity contribution in [2.45, 2.75) is 50.5 Å². The summed E-state index contributed by atoms with van der Waals surface area (Å²) in [5.74, 6) is 0.354. The number of hydrogen-bond donors (Lipinski definition) is 0. The van der Waals surface area contributed by atoms with Gasteiger partial charge >= 0.3 is 0 Å². The average Bonchev–Trinajstić information content (AvgIpc) is 3.79. The zero-order valence-corrected chi connectivity index (χ0v) is 31.5. The summed E-state index contributed by atoms with van der Waals surface area (Å²) in [6, 6.07) is 46.9. The van der Waals surface area contributed by atoms with E-state index in [1.54, 1.807) is 0 Å². The van der Waals surface area contributed by atoms with Gasteiger partial charge in [-0.1, -0.05) is 140 Å². The second kappa shape index (κ2) is 13.7. The number of allylic oxidation sites excluding steroid dienone is 8. The molecule has 4 aliphatic rings. The summed E-state index contributed by atoms with van der Waals surface area (Å²) in [5, 5.41) is 3.93. The van der Waals surface area contributed by atoms with E-state index in [-0.39, 0.29) is 6.04 Å². The van der Waals surface area contributed by atoms with Gasteiger partial charge in [-0.25, -0.2) is 0 Å². The van der Waals surface area contributed by atoms with Gasteiger partial charge in [0.15, 0.2) is 0 Å². The van der Waals surface area contributed by atoms with Crippen molar-refractivity contribution in [1.29, 1.82) is 0 Å². The highest BCUT2D eigenvalue weighted by atomic mass is 15.0. The van der Waals surface area contributed by atoms with Crippen LogP contribution in [0, 0.1) is 0 Å². The molecule has 0 saturated carbocycles. The van der Waals surface area contributed by atoms with Crippen LogP contribution >= 0.6 is 0 Å². The Morgan fingerprint density at radius 3 is 2.16 bits per heavy atom. The maximum atomic E-state index is 5.37. The minimum atomic E-state index is 0.101. The molecule has 5 aromatic carbocycles. The normalized spacial score (nSPS) is 19.4. The van der Waals surface area contributed by atoms with Crippen molar-refractivity contribution in [3.05, 3.63) is 203 Å². The van der Waals surface area contributed by atoms with Gasteiger partial charge in [-0.15, -0.1) is 0 Å². The molecule has 3 heterocycles. The molecule has 3 aliphatic carbocycles. The molecule has 0 N–H and O–H groups in total. The quantitative estimate of drug-likeness (QED) is 0.163. The Hall–Kier alpha value is -6.45. The number of hydrogen-bond acceptors (Lipinski definition) is 1. The van der Waals surface area contributed by atoms with Crippen LogP contribution in [0.2, 0.25) is 0 Å². The van der Waals surface area contributed by atoms with Crippen LogP contribution in [0.15, 0.2) is 180 Å². The Bertz CT molecular complexity index is 2900. The SMILES string of the molecule is C1=CC(c2ccccc2)CC(n2c3ccccc3c3ccc(C4=Cc5c(n(C6=CC(c7ccccc7)=NC(C7=CCCC=C7)C6)c6ccccc56)CC4)cc32)=C1. The zero-order chi connectivity index (χ0) is 37.0. The summed E-state index contributed by atoms with van der Waals surface area (Å²) >= 11 is 0. The van der Waals surface area contributed by atoms with Crippen LogP contribution in [0.4, 0.5) is 0 Å². The van der Waals surface area contributed by atoms with Gasteiger partial charge in [0.25, 0.3) is 0 Å². The molecule has 0 radical (unpaired) electrons. The monoisotopic (exact) mass is 721 g/mol. The second-order valence-electron chi connectivity index (χ2n) is 15.7. The fourth-order valence-corrected chi connectivity index (χ4v) is 9.68. The summed E-state index contributed by atoms with van der Waals surface area (Å²) in [5.41, 5.74) is 16.9. The van der Waals surface area contributed by atoms with Crippen molar-refractivity contribution in [3.63, 3.8) is 0 Å². The van der Waals surface area contributed by atoms with Crippen molar-refractivity contribution < 1.29 is 0 Å². The van der Waals surface area contributed by atoms with Crippen LogP contribution in [-0.4, -0.2) is 20.9 Å². The number of para-hydroxylation sites is 2. The molecule has 2 atom stereocenters. The second-order valence-corrected chi connectivity index (χ2v) is 15.7. The topological polar surface area (TPSA) is 22.2 Å². The lowest BCUT2D eigenvalue weighted by Gasteiger charge is -2.27. The molecule has 1 aliphatic heterocycles. The van der Waals surface area contributed by atoms with E-state index >= 15 is 0 Å². The molecule has 3 heteroatoms. The number of benzene rings is 5. The third-order valence-corrected chi connectivity index (χ3v) is 12.4. The molecule has 56 heavy (non-hydrogen) atoms. The smallest absolute Gasteiger partial charge is 0.0808 e. The average molecular weight is 722 g/mol. The van der Waals surface area contributed by atoms with Crippen molar-refractivity contribution in [2.75, 3.05) is 0 Å². The van der Waals surface area contributed by atoms with E-state index in [9.17, 15) is 0 Å². The summed E-state index contributed by atoms with van der Waals surface area (Å²) in [7, 11) is 0. The van der Waals surface area contributed by atoms with Crippen LogP contribution in [0.5, 0.6) is 0 Å². The number of aromatic nitrogens is 2. The van der Waals surface area contributed by atoms with Gasteiger partial charge in [-0.05, 0) is 96.4 Å². The largest absolute Gasteiger partial charge is 0.317 e. The first-order chi connectivity index (χ1) is 27.8. The molecule has 3 nitrogen and oxygen atoms in total. The Kier molecular flexibility index (Phi) is 8.05. The highest BCUT2D eigenvalue weighted by Gasteiger charge is 2.28. The fraction of sp³-hybridized carbons (Fsp3) is 0.151. The molecule has 7 aromatic rings. The van der Waals surface area contributed by atoms with Crippen LogP contribution in [0.25, 0.3) is 55.8 Å². The predicted octanol–water partition coefficient (Wildman–Crippen LogP) is 13.2. The van der Waals surface area contributed by atoms with Crippen molar-refractivity contribution in [3.8, 4) is 0 Å². The van der Waals surface area contributed by atoms with E-state index in [4.69, 9.17) is 4.99 Å². The number of nitrogens with zero attached hydrogens (tertiary/aromatic N) is 3. The van der Waals surface area contributed by atoms with Crippen molar-refractivity contribution in [1.82, 2.24) is 9.13 Å². The van der Waals surface area contributed by atoms with Gasteiger partial charge < -0.3 is 9.13 Å². The van der Waals surface area contributed by atoms with Gasteiger partial charge in [0.2, 0.25) is 0 Å². The maximum absolute atomic E-state index is 5.37. The molecule has 11 rings (SSSR count). The lowest BCUT2D eigenvalue weighted by Crippen LogP contribution is -2.21. The van der Waals surface area contributed by atoms with Gasteiger partial charge in [-0.2, -0.15) is 0 Å². The van der Waals surface area contributed by atoms with E-state index < -0.39 is 0 Å². The van der Waals surface area contributed by atoms with Gasteiger partial charge in [-0.3, -0.25) is 4.99 Å². The van der Waals surface area contributed by atoms with Crippen LogP contribution in [0.1, 0.15) is 66.0 Å². The fourth-order valence-electron chi connectivity index (χ4n) is 9.68. The summed E-state index contributed by atoms with van der Waals surface area (Å²) < 4.78 is 5.12. The Balaban J connectivity index is 1.02. The number of dihydropyridines is 1.